The lowest BCUT2D eigenvalue weighted by Gasteiger charge is -2.26. The normalized spacial score (nSPS) is 18.1. The number of amides is 1. The van der Waals surface area contributed by atoms with E-state index in [0.29, 0.717) is 32.7 Å². The molecule has 122 valence electrons. The van der Waals surface area contributed by atoms with Gasteiger partial charge in [0.05, 0.1) is 25.4 Å². The first-order valence-corrected chi connectivity index (χ1v) is 8.52. The van der Waals surface area contributed by atoms with Crippen molar-refractivity contribution in [1.29, 1.82) is 0 Å². The van der Waals surface area contributed by atoms with E-state index in [-0.39, 0.29) is 18.6 Å². The van der Waals surface area contributed by atoms with Crippen LogP contribution in [-0.4, -0.2) is 67.8 Å². The molecular weight excluding hydrogens is 300 g/mol. The zero-order chi connectivity index (χ0) is 15.9. The Bertz CT molecular complexity index is 458. The minimum absolute atomic E-state index is 0.168. The highest BCUT2D eigenvalue weighted by molar-refractivity contribution is 7.89. The van der Waals surface area contributed by atoms with Crippen LogP contribution >= 0.6 is 0 Å². The summed E-state index contributed by atoms with van der Waals surface area (Å²) in [6, 6.07) is -0.471. The highest BCUT2D eigenvalue weighted by Crippen LogP contribution is 2.07. The number of nitrogens with one attached hydrogen (secondary N) is 1. The number of sulfonamides is 1. The van der Waals surface area contributed by atoms with Crippen molar-refractivity contribution in [2.45, 2.75) is 32.2 Å². The third kappa shape index (κ3) is 6.40. The second kappa shape index (κ2) is 8.30. The Morgan fingerprint density at radius 1 is 1.33 bits per heavy atom. The van der Waals surface area contributed by atoms with Crippen LogP contribution in [0.15, 0.2) is 0 Å². The predicted molar refractivity (Wildman–Crippen MR) is 75.3 cm³/mol. The number of carboxylic acids is 1. The van der Waals surface area contributed by atoms with Gasteiger partial charge < -0.3 is 15.2 Å². The lowest BCUT2D eigenvalue weighted by atomic mass is 10.1. The van der Waals surface area contributed by atoms with Crippen LogP contribution in [0.2, 0.25) is 0 Å². The summed E-state index contributed by atoms with van der Waals surface area (Å²) < 4.78 is 30.4. The van der Waals surface area contributed by atoms with Crippen LogP contribution < -0.4 is 5.32 Å². The molecule has 8 nitrogen and oxygen atoms in total. The van der Waals surface area contributed by atoms with E-state index in [1.807, 2.05) is 0 Å². The molecule has 1 fully saturated rings. The standard InChI is InChI=1S/C12H22N2O6S/c1-2-10(9-12(16)17)13-11(15)3-8-21(18,19)14-4-6-20-7-5-14/h10H,2-9H2,1H3,(H,13,15)(H,16,17). The number of aliphatic carboxylic acids is 1. The summed E-state index contributed by atoms with van der Waals surface area (Å²) in [6.45, 7) is 3.10. The van der Waals surface area contributed by atoms with Crippen LogP contribution in [0.1, 0.15) is 26.2 Å². The maximum Gasteiger partial charge on any atom is 0.305 e. The molecule has 0 bridgehead atoms. The van der Waals surface area contributed by atoms with Crippen LogP contribution in [0.4, 0.5) is 0 Å². The van der Waals surface area contributed by atoms with Gasteiger partial charge in [0.15, 0.2) is 0 Å². The van der Waals surface area contributed by atoms with Crippen molar-refractivity contribution in [3.05, 3.63) is 0 Å². The summed E-state index contributed by atoms with van der Waals surface area (Å²) in [6.07, 6.45) is 0.141. The summed E-state index contributed by atoms with van der Waals surface area (Å²) in [5.74, 6) is -1.72. The first-order valence-electron chi connectivity index (χ1n) is 6.92. The molecule has 1 heterocycles. The van der Waals surface area contributed by atoms with Gasteiger partial charge in [-0.15, -0.1) is 0 Å². The second-order valence-corrected chi connectivity index (χ2v) is 6.94. The minimum Gasteiger partial charge on any atom is -0.481 e. The van der Waals surface area contributed by atoms with Crippen molar-refractivity contribution in [1.82, 2.24) is 9.62 Å². The molecule has 0 saturated carbocycles. The molecule has 0 aliphatic carbocycles. The highest BCUT2D eigenvalue weighted by Gasteiger charge is 2.25. The fraction of sp³-hybridized carbons (Fsp3) is 0.833. The monoisotopic (exact) mass is 322 g/mol. The van der Waals surface area contributed by atoms with Crippen molar-refractivity contribution in [2.24, 2.45) is 0 Å². The molecule has 1 aliphatic rings. The zero-order valence-corrected chi connectivity index (χ0v) is 12.9. The number of hydrogen-bond donors (Lipinski definition) is 2. The molecule has 9 heteroatoms. The van der Waals surface area contributed by atoms with Gasteiger partial charge in [-0.1, -0.05) is 6.92 Å². The van der Waals surface area contributed by atoms with Gasteiger partial charge >= 0.3 is 5.97 Å². The maximum atomic E-state index is 12.0. The fourth-order valence-electron chi connectivity index (χ4n) is 1.98. The summed E-state index contributed by atoms with van der Waals surface area (Å²) in [5.41, 5.74) is 0. The first-order chi connectivity index (χ1) is 9.85. The molecule has 1 amide bonds. The number of nitrogens with zero attached hydrogens (tertiary/aromatic N) is 1. The van der Waals surface area contributed by atoms with Gasteiger partial charge in [-0.25, -0.2) is 8.42 Å². The van der Waals surface area contributed by atoms with Crippen LogP contribution in [0, 0.1) is 0 Å². The van der Waals surface area contributed by atoms with Crippen molar-refractivity contribution in [2.75, 3.05) is 32.1 Å². The molecule has 0 aromatic rings. The lowest BCUT2D eigenvalue weighted by Crippen LogP contribution is -2.43. The van der Waals surface area contributed by atoms with Crippen molar-refractivity contribution < 1.29 is 27.9 Å². The molecule has 0 aromatic heterocycles. The minimum atomic E-state index is -3.47. The van der Waals surface area contributed by atoms with Crippen LogP contribution in [0.25, 0.3) is 0 Å². The van der Waals surface area contributed by atoms with Crippen molar-refractivity contribution in [3.63, 3.8) is 0 Å². The van der Waals surface area contributed by atoms with Gasteiger partial charge in [0.2, 0.25) is 15.9 Å². The van der Waals surface area contributed by atoms with E-state index in [4.69, 9.17) is 9.84 Å². The molecule has 1 unspecified atom stereocenters. The number of carboxylic acid groups (broad SMARTS) is 1. The van der Waals surface area contributed by atoms with Gasteiger partial charge in [-0.3, -0.25) is 9.59 Å². The predicted octanol–water partition coefficient (Wildman–Crippen LogP) is -0.592. The summed E-state index contributed by atoms with van der Waals surface area (Å²) in [4.78, 5) is 22.3. The molecule has 1 saturated heterocycles. The summed E-state index contributed by atoms with van der Waals surface area (Å²) in [7, 11) is -3.47. The average Bonchev–Trinajstić information content (AvgIpc) is 2.45. The Morgan fingerprint density at radius 2 is 1.95 bits per heavy atom. The van der Waals surface area contributed by atoms with Gasteiger partial charge in [-0.2, -0.15) is 4.31 Å². The van der Waals surface area contributed by atoms with Crippen LogP contribution in [-0.2, 0) is 24.3 Å². The largest absolute Gasteiger partial charge is 0.481 e. The Hall–Kier alpha value is -1.19. The number of ether oxygens (including phenoxy) is 1. The second-order valence-electron chi connectivity index (χ2n) is 4.85. The summed E-state index contributed by atoms with van der Waals surface area (Å²) >= 11 is 0. The topological polar surface area (TPSA) is 113 Å². The molecule has 0 aromatic carbocycles. The molecule has 1 aliphatic heterocycles. The molecule has 0 spiro atoms. The van der Waals surface area contributed by atoms with Gasteiger partial charge in [-0.05, 0) is 6.42 Å². The summed E-state index contributed by atoms with van der Waals surface area (Å²) in [5, 5.41) is 11.2. The number of carbonyl (C=O) groups excluding carboxylic acids is 1. The SMILES string of the molecule is CCC(CC(=O)O)NC(=O)CCS(=O)(=O)N1CCOCC1. The number of carbonyl (C=O) groups is 2. The molecule has 1 atom stereocenters. The molecule has 21 heavy (non-hydrogen) atoms. The van der Waals surface area contributed by atoms with E-state index in [2.05, 4.69) is 5.32 Å². The number of hydrogen-bond acceptors (Lipinski definition) is 5. The van der Waals surface area contributed by atoms with Gasteiger partial charge in [0.25, 0.3) is 0 Å². The maximum absolute atomic E-state index is 12.0. The lowest BCUT2D eigenvalue weighted by molar-refractivity contribution is -0.137. The third-order valence-electron chi connectivity index (χ3n) is 3.23. The van der Waals surface area contributed by atoms with Gasteiger partial charge in [0, 0.05) is 25.6 Å². The zero-order valence-electron chi connectivity index (χ0n) is 12.1. The molecule has 2 N–H and O–H groups in total. The molecule has 1 rings (SSSR count). The van der Waals surface area contributed by atoms with E-state index in [0.717, 1.165) is 0 Å². The van der Waals surface area contributed by atoms with E-state index in [9.17, 15) is 18.0 Å². The number of morpholine rings is 1. The Balaban J connectivity index is 2.42. The average molecular weight is 322 g/mol. The third-order valence-corrected chi connectivity index (χ3v) is 5.10. The molecular formula is C12H22N2O6S. The van der Waals surface area contributed by atoms with Gasteiger partial charge in [0.1, 0.15) is 0 Å². The number of rotatable bonds is 8. The van der Waals surface area contributed by atoms with E-state index in [1.54, 1.807) is 6.92 Å². The Morgan fingerprint density at radius 3 is 2.48 bits per heavy atom. The van der Waals surface area contributed by atoms with E-state index >= 15 is 0 Å². The quantitative estimate of drug-likeness (QED) is 0.617. The first kappa shape index (κ1) is 17.9. The Kier molecular flexibility index (Phi) is 7.06. The van der Waals surface area contributed by atoms with E-state index < -0.39 is 27.9 Å². The van der Waals surface area contributed by atoms with Crippen molar-refractivity contribution >= 4 is 21.9 Å². The highest BCUT2D eigenvalue weighted by atomic mass is 32.2. The van der Waals surface area contributed by atoms with E-state index in [1.165, 1.54) is 4.31 Å². The fourth-order valence-corrected chi connectivity index (χ4v) is 3.39. The smallest absolute Gasteiger partial charge is 0.305 e. The Labute approximate surface area is 124 Å². The van der Waals surface area contributed by atoms with Crippen LogP contribution in [0.3, 0.4) is 0 Å². The van der Waals surface area contributed by atoms with Crippen molar-refractivity contribution in [3.8, 4) is 0 Å². The molecule has 0 radical (unpaired) electrons. The van der Waals surface area contributed by atoms with Crippen LogP contribution in [0.5, 0.6) is 0 Å².